The van der Waals surface area contributed by atoms with Crippen LogP contribution < -0.4 is 0 Å². The van der Waals surface area contributed by atoms with Gasteiger partial charge in [-0.3, -0.25) is 0 Å². The van der Waals surface area contributed by atoms with Crippen molar-refractivity contribution in [2.45, 2.75) is 12.5 Å². The highest BCUT2D eigenvalue weighted by Crippen LogP contribution is 2.19. The molecule has 0 radical (unpaired) electrons. The van der Waals surface area contributed by atoms with E-state index in [-0.39, 0.29) is 0 Å². The van der Waals surface area contributed by atoms with Crippen molar-refractivity contribution >= 4 is 31.9 Å². The predicted molar refractivity (Wildman–Crippen MR) is 86.8 cm³/mol. The van der Waals surface area contributed by atoms with E-state index >= 15 is 0 Å². The van der Waals surface area contributed by atoms with Crippen LogP contribution in [0.5, 0.6) is 0 Å². The lowest BCUT2D eigenvalue weighted by Crippen LogP contribution is -2.09. The number of rotatable bonds is 6. The molecule has 0 aliphatic heterocycles. The van der Waals surface area contributed by atoms with Gasteiger partial charge in [0.15, 0.2) is 0 Å². The van der Waals surface area contributed by atoms with E-state index in [1.54, 1.807) is 0 Å². The second kappa shape index (κ2) is 7.83. The zero-order valence-electron chi connectivity index (χ0n) is 10.6. The first kappa shape index (κ1) is 14.8. The molecule has 2 rings (SSSR count). The van der Waals surface area contributed by atoms with Crippen LogP contribution in [0.4, 0.5) is 0 Å². The minimum atomic E-state index is 0.400. The summed E-state index contributed by atoms with van der Waals surface area (Å²) in [4.78, 5) is 0. The molecule has 1 atom stereocenters. The van der Waals surface area contributed by atoms with Gasteiger partial charge in [0.2, 0.25) is 0 Å². The Kier molecular flexibility index (Phi) is 6.08. The fourth-order valence-electron chi connectivity index (χ4n) is 1.85. The zero-order valence-corrected chi connectivity index (χ0v) is 13.7. The number of hydrogen-bond acceptors (Lipinski definition) is 1. The molecule has 0 heterocycles. The summed E-state index contributed by atoms with van der Waals surface area (Å²) in [5.41, 5.74) is 2.51. The van der Waals surface area contributed by atoms with Gasteiger partial charge in [-0.25, -0.2) is 0 Å². The van der Waals surface area contributed by atoms with Crippen molar-refractivity contribution < 1.29 is 4.74 Å². The Morgan fingerprint density at radius 2 is 1.63 bits per heavy atom. The Morgan fingerprint density at radius 1 is 0.947 bits per heavy atom. The fourth-order valence-corrected chi connectivity index (χ4v) is 2.68. The molecule has 0 aromatic heterocycles. The number of ether oxygens (including phenoxy) is 1. The Labute approximate surface area is 131 Å². The maximum Gasteiger partial charge on any atom is 0.0717 e. The number of benzene rings is 2. The highest BCUT2D eigenvalue weighted by atomic mass is 79.9. The van der Waals surface area contributed by atoms with E-state index in [2.05, 4.69) is 68.3 Å². The van der Waals surface area contributed by atoms with Crippen LogP contribution in [-0.4, -0.2) is 11.9 Å². The minimum absolute atomic E-state index is 0.400. The molecule has 0 saturated heterocycles. The molecule has 0 spiro atoms. The Hall–Kier alpha value is -0.640. The van der Waals surface area contributed by atoms with Crippen LogP contribution in [0, 0.1) is 0 Å². The first-order chi connectivity index (χ1) is 9.29. The van der Waals surface area contributed by atoms with Gasteiger partial charge in [0.1, 0.15) is 0 Å². The van der Waals surface area contributed by atoms with Crippen LogP contribution in [0.1, 0.15) is 17.0 Å². The van der Waals surface area contributed by atoms with Crippen molar-refractivity contribution in [3.05, 3.63) is 70.2 Å². The lowest BCUT2D eigenvalue weighted by molar-refractivity contribution is 0.111. The van der Waals surface area contributed by atoms with Crippen molar-refractivity contribution in [3.8, 4) is 0 Å². The van der Waals surface area contributed by atoms with Gasteiger partial charge >= 0.3 is 0 Å². The largest absolute Gasteiger partial charge is 0.376 e. The molecule has 2 aromatic rings. The maximum absolute atomic E-state index is 5.82. The molecule has 3 heteroatoms. The van der Waals surface area contributed by atoms with Gasteiger partial charge in [-0.2, -0.15) is 0 Å². The summed E-state index contributed by atoms with van der Waals surface area (Å²) in [5.74, 6) is 0.400. The van der Waals surface area contributed by atoms with E-state index in [4.69, 9.17) is 4.74 Å². The third-order valence-corrected chi connectivity index (χ3v) is 4.27. The molecule has 0 N–H and O–H groups in total. The third kappa shape index (κ3) is 4.75. The summed E-state index contributed by atoms with van der Waals surface area (Å²) in [7, 11) is 0. The Balaban J connectivity index is 1.85. The normalized spacial score (nSPS) is 12.3. The van der Waals surface area contributed by atoms with E-state index < -0.39 is 0 Å². The molecule has 19 heavy (non-hydrogen) atoms. The van der Waals surface area contributed by atoms with E-state index in [1.807, 2.05) is 18.2 Å². The smallest absolute Gasteiger partial charge is 0.0717 e. The zero-order chi connectivity index (χ0) is 13.5. The van der Waals surface area contributed by atoms with Gasteiger partial charge < -0.3 is 4.74 Å². The lowest BCUT2D eigenvalue weighted by atomic mass is 10.0. The maximum atomic E-state index is 5.82. The van der Waals surface area contributed by atoms with E-state index in [1.165, 1.54) is 11.1 Å². The van der Waals surface area contributed by atoms with Crippen LogP contribution in [-0.2, 0) is 11.3 Å². The average Bonchev–Trinajstić information content (AvgIpc) is 2.46. The predicted octanol–water partition coefficient (Wildman–Crippen LogP) is 5.14. The Bertz CT molecular complexity index is 482. The molecule has 0 aliphatic carbocycles. The number of halogens is 2. The molecular formula is C16H16Br2O. The van der Waals surface area contributed by atoms with Gasteiger partial charge in [-0.1, -0.05) is 74.3 Å². The molecule has 0 saturated carbocycles. The Morgan fingerprint density at radius 3 is 2.26 bits per heavy atom. The first-order valence-electron chi connectivity index (χ1n) is 6.22. The van der Waals surface area contributed by atoms with Crippen molar-refractivity contribution in [2.24, 2.45) is 0 Å². The second-order valence-corrected chi connectivity index (χ2v) is 5.97. The molecule has 0 amide bonds. The molecule has 0 aliphatic rings. The summed E-state index contributed by atoms with van der Waals surface area (Å²) in [6.07, 6.45) is 0. The van der Waals surface area contributed by atoms with Gasteiger partial charge in [0.25, 0.3) is 0 Å². The van der Waals surface area contributed by atoms with Crippen LogP contribution in [0.15, 0.2) is 59.1 Å². The summed E-state index contributed by atoms with van der Waals surface area (Å²) >= 11 is 6.99. The molecule has 0 bridgehead atoms. The van der Waals surface area contributed by atoms with Crippen LogP contribution >= 0.6 is 31.9 Å². The van der Waals surface area contributed by atoms with Gasteiger partial charge in [0, 0.05) is 15.7 Å². The van der Waals surface area contributed by atoms with Crippen LogP contribution in [0.3, 0.4) is 0 Å². The van der Waals surface area contributed by atoms with Crippen molar-refractivity contribution in [3.63, 3.8) is 0 Å². The third-order valence-electron chi connectivity index (χ3n) is 2.96. The summed E-state index contributed by atoms with van der Waals surface area (Å²) in [6, 6.07) is 18.7. The molecule has 0 fully saturated rings. The molecule has 100 valence electrons. The van der Waals surface area contributed by atoms with Gasteiger partial charge in [0.05, 0.1) is 13.2 Å². The van der Waals surface area contributed by atoms with E-state index in [9.17, 15) is 0 Å². The summed E-state index contributed by atoms with van der Waals surface area (Å²) in [5, 5.41) is 0.914. The SMILES string of the molecule is BrCC(COCc1ccc(Br)cc1)c1ccccc1. The number of alkyl halides is 1. The lowest BCUT2D eigenvalue weighted by Gasteiger charge is -2.15. The summed E-state index contributed by atoms with van der Waals surface area (Å²) < 4.78 is 6.92. The minimum Gasteiger partial charge on any atom is -0.376 e. The highest BCUT2D eigenvalue weighted by Gasteiger charge is 2.09. The standard InChI is InChI=1S/C16H16Br2O/c17-10-15(14-4-2-1-3-5-14)12-19-11-13-6-8-16(18)9-7-13/h1-9,15H,10-12H2. The quantitative estimate of drug-likeness (QED) is 0.627. The average molecular weight is 384 g/mol. The molecule has 1 unspecified atom stereocenters. The van der Waals surface area contributed by atoms with Gasteiger partial charge in [-0.05, 0) is 23.3 Å². The molecular weight excluding hydrogens is 368 g/mol. The van der Waals surface area contributed by atoms with E-state index in [0.717, 1.165) is 16.4 Å². The van der Waals surface area contributed by atoms with Crippen molar-refractivity contribution in [1.82, 2.24) is 0 Å². The number of hydrogen-bond donors (Lipinski definition) is 0. The monoisotopic (exact) mass is 382 g/mol. The molecule has 1 nitrogen and oxygen atoms in total. The first-order valence-corrected chi connectivity index (χ1v) is 8.14. The highest BCUT2D eigenvalue weighted by molar-refractivity contribution is 9.10. The van der Waals surface area contributed by atoms with Crippen molar-refractivity contribution in [1.29, 1.82) is 0 Å². The van der Waals surface area contributed by atoms with Crippen molar-refractivity contribution in [2.75, 3.05) is 11.9 Å². The summed E-state index contributed by atoms with van der Waals surface area (Å²) in [6.45, 7) is 1.38. The second-order valence-electron chi connectivity index (χ2n) is 4.40. The van der Waals surface area contributed by atoms with Crippen LogP contribution in [0.2, 0.25) is 0 Å². The van der Waals surface area contributed by atoms with Crippen LogP contribution in [0.25, 0.3) is 0 Å². The fraction of sp³-hybridized carbons (Fsp3) is 0.250. The van der Waals surface area contributed by atoms with Gasteiger partial charge in [-0.15, -0.1) is 0 Å². The molecule has 2 aromatic carbocycles. The topological polar surface area (TPSA) is 9.23 Å². The van der Waals surface area contributed by atoms with E-state index in [0.29, 0.717) is 12.5 Å².